The van der Waals surface area contributed by atoms with Crippen molar-refractivity contribution < 1.29 is 9.15 Å². The summed E-state index contributed by atoms with van der Waals surface area (Å²) in [6, 6.07) is 20.7. The van der Waals surface area contributed by atoms with Gasteiger partial charge in [-0.25, -0.2) is 0 Å². The SMILES string of the molecule is CC1(C)c2ccccc2Oc2cc3c(cc21)oc1ccccc13. The second kappa shape index (κ2) is 4.17. The lowest BCUT2D eigenvalue weighted by Crippen LogP contribution is -2.24. The second-order valence-electron chi connectivity index (χ2n) is 6.67. The van der Waals surface area contributed by atoms with Crippen molar-refractivity contribution in [1.29, 1.82) is 0 Å². The Kier molecular flexibility index (Phi) is 2.31. The fourth-order valence-corrected chi connectivity index (χ4v) is 3.66. The van der Waals surface area contributed by atoms with Crippen LogP contribution in [0.3, 0.4) is 0 Å². The molecular weight excluding hydrogens is 284 g/mol. The molecule has 0 atom stereocenters. The monoisotopic (exact) mass is 300 g/mol. The van der Waals surface area contributed by atoms with Crippen molar-refractivity contribution in [3.63, 3.8) is 0 Å². The zero-order chi connectivity index (χ0) is 15.6. The zero-order valence-electron chi connectivity index (χ0n) is 13.1. The highest BCUT2D eigenvalue weighted by atomic mass is 16.5. The molecule has 0 fully saturated rings. The topological polar surface area (TPSA) is 22.4 Å². The van der Waals surface area contributed by atoms with Gasteiger partial charge < -0.3 is 9.15 Å². The Morgan fingerprint density at radius 2 is 1.48 bits per heavy atom. The number of hydrogen-bond donors (Lipinski definition) is 0. The minimum atomic E-state index is -0.114. The van der Waals surface area contributed by atoms with E-state index in [1.54, 1.807) is 0 Å². The van der Waals surface area contributed by atoms with E-state index in [1.165, 1.54) is 11.1 Å². The summed E-state index contributed by atoms with van der Waals surface area (Å²) in [6.45, 7) is 4.48. The van der Waals surface area contributed by atoms with Gasteiger partial charge in [-0.2, -0.15) is 0 Å². The molecule has 1 aromatic heterocycles. The first-order chi connectivity index (χ1) is 11.1. The van der Waals surface area contributed by atoms with Crippen LogP contribution in [0.5, 0.6) is 11.5 Å². The Labute approximate surface area is 134 Å². The third-order valence-corrected chi connectivity index (χ3v) is 4.93. The van der Waals surface area contributed by atoms with Crippen molar-refractivity contribution in [2.45, 2.75) is 19.3 Å². The normalized spacial score (nSPS) is 15.2. The van der Waals surface area contributed by atoms with Gasteiger partial charge in [0.15, 0.2) is 0 Å². The number of rotatable bonds is 0. The quantitative estimate of drug-likeness (QED) is 0.396. The largest absolute Gasteiger partial charge is 0.457 e. The van der Waals surface area contributed by atoms with Crippen LogP contribution in [0, 0.1) is 0 Å². The first kappa shape index (κ1) is 12.8. The maximum atomic E-state index is 6.20. The van der Waals surface area contributed by atoms with Crippen LogP contribution in [0.4, 0.5) is 0 Å². The summed E-state index contributed by atoms with van der Waals surface area (Å²) in [4.78, 5) is 0. The molecule has 23 heavy (non-hydrogen) atoms. The fraction of sp³-hybridized carbons (Fsp3) is 0.143. The average Bonchev–Trinajstić information content (AvgIpc) is 2.91. The molecule has 0 radical (unpaired) electrons. The summed E-state index contributed by atoms with van der Waals surface area (Å²) in [7, 11) is 0. The molecule has 3 aromatic carbocycles. The van der Waals surface area contributed by atoms with Gasteiger partial charge in [0.2, 0.25) is 0 Å². The van der Waals surface area contributed by atoms with E-state index in [9.17, 15) is 0 Å². The maximum absolute atomic E-state index is 6.20. The van der Waals surface area contributed by atoms with Crippen molar-refractivity contribution in [2.24, 2.45) is 0 Å². The van der Waals surface area contributed by atoms with E-state index in [2.05, 4.69) is 44.2 Å². The standard InChI is InChI=1S/C21H16O2/c1-21(2)15-8-4-6-10-18(15)23-20-11-14-13-7-3-5-9-17(13)22-19(14)12-16(20)21/h3-12H,1-2H3. The Bertz CT molecular complexity index is 1070. The van der Waals surface area contributed by atoms with Gasteiger partial charge in [-0.1, -0.05) is 50.2 Å². The van der Waals surface area contributed by atoms with E-state index in [0.29, 0.717) is 0 Å². The van der Waals surface area contributed by atoms with Gasteiger partial charge in [0.1, 0.15) is 22.7 Å². The molecule has 112 valence electrons. The molecular formula is C21H16O2. The van der Waals surface area contributed by atoms with Crippen molar-refractivity contribution >= 4 is 21.9 Å². The highest BCUT2D eigenvalue weighted by Gasteiger charge is 2.34. The molecule has 0 unspecified atom stereocenters. The number of benzene rings is 3. The predicted molar refractivity (Wildman–Crippen MR) is 92.4 cm³/mol. The molecule has 0 amide bonds. The molecule has 0 N–H and O–H groups in total. The van der Waals surface area contributed by atoms with Crippen LogP contribution in [0.2, 0.25) is 0 Å². The number of ether oxygens (including phenoxy) is 1. The van der Waals surface area contributed by atoms with Gasteiger partial charge in [-0.05, 0) is 24.3 Å². The first-order valence-electron chi connectivity index (χ1n) is 7.88. The Morgan fingerprint density at radius 1 is 0.696 bits per heavy atom. The molecule has 4 aromatic rings. The van der Waals surface area contributed by atoms with E-state index in [-0.39, 0.29) is 5.41 Å². The van der Waals surface area contributed by atoms with Crippen LogP contribution in [0.25, 0.3) is 21.9 Å². The highest BCUT2D eigenvalue weighted by Crippen LogP contribution is 2.49. The predicted octanol–water partition coefficient (Wildman–Crippen LogP) is 6.02. The molecule has 0 bridgehead atoms. The van der Waals surface area contributed by atoms with Crippen molar-refractivity contribution in [3.8, 4) is 11.5 Å². The summed E-state index contributed by atoms with van der Waals surface area (Å²) in [6.07, 6.45) is 0. The van der Waals surface area contributed by atoms with Crippen LogP contribution >= 0.6 is 0 Å². The lowest BCUT2D eigenvalue weighted by Gasteiger charge is -2.34. The maximum Gasteiger partial charge on any atom is 0.136 e. The number of para-hydroxylation sites is 2. The van der Waals surface area contributed by atoms with Crippen LogP contribution in [0.1, 0.15) is 25.0 Å². The molecule has 2 heteroatoms. The van der Waals surface area contributed by atoms with E-state index in [0.717, 1.165) is 33.4 Å². The van der Waals surface area contributed by atoms with Crippen LogP contribution in [-0.2, 0) is 5.41 Å². The van der Waals surface area contributed by atoms with Crippen LogP contribution in [0.15, 0.2) is 65.1 Å². The van der Waals surface area contributed by atoms with E-state index in [4.69, 9.17) is 9.15 Å². The molecule has 0 saturated heterocycles. The molecule has 2 heterocycles. The van der Waals surface area contributed by atoms with Gasteiger partial charge in [0.05, 0.1) is 0 Å². The summed E-state index contributed by atoms with van der Waals surface area (Å²) >= 11 is 0. The summed E-state index contributed by atoms with van der Waals surface area (Å²) in [5.74, 6) is 1.87. The Balaban J connectivity index is 1.86. The molecule has 0 aliphatic carbocycles. The van der Waals surface area contributed by atoms with E-state index < -0.39 is 0 Å². The molecule has 0 saturated carbocycles. The Morgan fingerprint density at radius 3 is 2.39 bits per heavy atom. The number of furan rings is 1. The van der Waals surface area contributed by atoms with Crippen LogP contribution < -0.4 is 4.74 Å². The second-order valence-corrected chi connectivity index (χ2v) is 6.67. The van der Waals surface area contributed by atoms with Gasteiger partial charge in [-0.3, -0.25) is 0 Å². The smallest absolute Gasteiger partial charge is 0.136 e. The number of fused-ring (bicyclic) bond motifs is 5. The third-order valence-electron chi connectivity index (χ3n) is 4.93. The highest BCUT2D eigenvalue weighted by molar-refractivity contribution is 6.05. The van der Waals surface area contributed by atoms with E-state index >= 15 is 0 Å². The van der Waals surface area contributed by atoms with Crippen molar-refractivity contribution in [3.05, 3.63) is 71.8 Å². The molecule has 1 aliphatic heterocycles. The van der Waals surface area contributed by atoms with Crippen LogP contribution in [-0.4, -0.2) is 0 Å². The van der Waals surface area contributed by atoms with Gasteiger partial charge in [0, 0.05) is 27.3 Å². The first-order valence-corrected chi connectivity index (χ1v) is 7.88. The van der Waals surface area contributed by atoms with Gasteiger partial charge in [-0.15, -0.1) is 0 Å². The zero-order valence-corrected chi connectivity index (χ0v) is 13.1. The molecule has 1 aliphatic rings. The minimum Gasteiger partial charge on any atom is -0.457 e. The molecule has 2 nitrogen and oxygen atoms in total. The summed E-state index contributed by atoms with van der Waals surface area (Å²) < 4.78 is 12.2. The lowest BCUT2D eigenvalue weighted by molar-refractivity contribution is 0.418. The Hall–Kier alpha value is -2.74. The van der Waals surface area contributed by atoms with Crippen molar-refractivity contribution in [1.82, 2.24) is 0 Å². The molecule has 5 rings (SSSR count). The minimum absolute atomic E-state index is 0.114. The third kappa shape index (κ3) is 1.63. The average molecular weight is 300 g/mol. The summed E-state index contributed by atoms with van der Waals surface area (Å²) in [5.41, 5.74) is 4.10. The fourth-order valence-electron chi connectivity index (χ4n) is 3.66. The van der Waals surface area contributed by atoms with Gasteiger partial charge >= 0.3 is 0 Å². The number of hydrogen-bond acceptors (Lipinski definition) is 2. The van der Waals surface area contributed by atoms with Gasteiger partial charge in [0.25, 0.3) is 0 Å². The van der Waals surface area contributed by atoms with E-state index in [1.807, 2.05) is 30.3 Å². The molecule has 0 spiro atoms. The van der Waals surface area contributed by atoms with Crippen molar-refractivity contribution in [2.75, 3.05) is 0 Å². The lowest BCUT2D eigenvalue weighted by atomic mass is 9.75. The summed E-state index contributed by atoms with van der Waals surface area (Å²) in [5, 5.41) is 2.24.